The van der Waals surface area contributed by atoms with Gasteiger partial charge >= 0.3 is 103 Å². The number of alkyl halides is 2. The molecule has 3 aromatic heterocycles. The zero-order chi connectivity index (χ0) is 66.6. The molecular formula is C65H72Cl3K2N9O12S3. The average Bonchev–Trinajstić information content (AvgIpc) is 1.62. The van der Waals surface area contributed by atoms with Crippen LogP contribution >= 0.6 is 33.9 Å². The van der Waals surface area contributed by atoms with E-state index in [9.17, 15) is 41.0 Å². The molecule has 0 aliphatic carbocycles. The Morgan fingerprint density at radius 3 is 1.26 bits per heavy atom. The van der Waals surface area contributed by atoms with E-state index in [1.54, 1.807) is 33.5 Å². The molecule has 9 aromatic rings. The van der Waals surface area contributed by atoms with Gasteiger partial charge in [0.25, 0.3) is 6.47 Å². The van der Waals surface area contributed by atoms with Gasteiger partial charge in [-0.15, -0.1) is 23.2 Å². The van der Waals surface area contributed by atoms with Gasteiger partial charge in [0.05, 0.1) is 94.6 Å². The van der Waals surface area contributed by atoms with Gasteiger partial charge in [-0.2, -0.15) is 15.8 Å². The van der Waals surface area contributed by atoms with Crippen LogP contribution in [0.15, 0.2) is 127 Å². The molecule has 0 saturated carbocycles. The Morgan fingerprint density at radius 1 is 0.617 bits per heavy atom. The summed E-state index contributed by atoms with van der Waals surface area (Å²) in [6.45, 7) is 8.60. The van der Waals surface area contributed by atoms with E-state index < -0.39 is 29.1 Å². The Hall–Kier alpha value is -5.37. The van der Waals surface area contributed by atoms with E-state index in [2.05, 4.69) is 48.4 Å². The predicted molar refractivity (Wildman–Crippen MR) is 366 cm³/mol. The summed E-state index contributed by atoms with van der Waals surface area (Å²) >= 11 is 10.8. The van der Waals surface area contributed by atoms with Crippen molar-refractivity contribution in [2.45, 2.75) is 67.1 Å². The Bertz CT molecular complexity index is 4510. The number of sulfonamides is 2. The van der Waals surface area contributed by atoms with Crippen molar-refractivity contribution in [1.29, 1.82) is 15.8 Å². The second-order valence-electron chi connectivity index (χ2n) is 19.8. The van der Waals surface area contributed by atoms with Gasteiger partial charge in [-0.05, 0) is 130 Å². The van der Waals surface area contributed by atoms with Crippen LogP contribution in [0.2, 0.25) is 0 Å². The molecule has 3 N–H and O–H groups in total. The number of methoxy groups -OCH3 is 3. The SMILES string of the molecule is C.CCn1c(-c2ccc(N)cc2)c(C#N)c2ccc(OC)cc21.CCn1c(-c2ccc(N3CCCS3(=O)=O)cc2)c(C#N)c2ccc(OC)cc21.CCn1c(-c2ccc(NS(=O)(=O)CCCCl)cc2)c(C#N)c2ccc(OC)cc21.O=CO[O-].O=S(=O)(Cl)CCCCl.[H-].[K+].[K+]. The van der Waals surface area contributed by atoms with Crippen molar-refractivity contribution < 1.29 is 159 Å². The molecule has 29 heteroatoms. The number of ether oxygens (including phenoxy) is 3. The maximum atomic E-state index is 12.2. The van der Waals surface area contributed by atoms with Crippen LogP contribution in [0.3, 0.4) is 0 Å². The number of anilines is 3. The van der Waals surface area contributed by atoms with Gasteiger partial charge in [-0.3, -0.25) is 13.8 Å². The Kier molecular flexibility index (Phi) is 34.5. The third-order valence-corrected chi connectivity index (χ3v) is 19.4. The van der Waals surface area contributed by atoms with E-state index in [1.165, 1.54) is 4.31 Å². The molecule has 0 radical (unpaired) electrons. The number of benzene rings is 6. The fourth-order valence-corrected chi connectivity index (χ4v) is 14.4. The molecule has 0 spiro atoms. The molecule has 0 amide bonds. The van der Waals surface area contributed by atoms with E-state index in [1.807, 2.05) is 129 Å². The van der Waals surface area contributed by atoms with Crippen molar-refractivity contribution in [2.24, 2.45) is 0 Å². The summed E-state index contributed by atoms with van der Waals surface area (Å²) < 4.78 is 95.0. The molecule has 94 heavy (non-hydrogen) atoms. The first-order valence-corrected chi connectivity index (χ1v) is 35.1. The first-order valence-electron chi connectivity index (χ1n) is 28.3. The quantitative estimate of drug-likeness (QED) is 0.0166. The molecular weight excluding hydrogens is 1380 g/mol. The van der Waals surface area contributed by atoms with Crippen molar-refractivity contribution in [3.63, 3.8) is 0 Å². The molecule has 4 heterocycles. The number of nitrogens with zero attached hydrogens (tertiary/aromatic N) is 7. The van der Waals surface area contributed by atoms with Crippen molar-refractivity contribution in [3.05, 3.63) is 144 Å². The average molecular weight is 1450 g/mol. The molecule has 1 aliphatic rings. The molecule has 490 valence electrons. The summed E-state index contributed by atoms with van der Waals surface area (Å²) in [5, 5.41) is 40.4. The molecule has 1 fully saturated rings. The molecule has 1 saturated heterocycles. The molecule has 0 bridgehead atoms. The number of aryl methyl sites for hydroxylation is 3. The summed E-state index contributed by atoms with van der Waals surface area (Å²) in [6.07, 6.45) is 1.46. The summed E-state index contributed by atoms with van der Waals surface area (Å²) in [7, 11) is -0.238. The predicted octanol–water partition coefficient (Wildman–Crippen LogP) is 6.49. The minimum Gasteiger partial charge on any atom is -1.00 e. The van der Waals surface area contributed by atoms with Gasteiger partial charge in [0.15, 0.2) is 0 Å². The Labute approximate surface area is 650 Å². The summed E-state index contributed by atoms with van der Waals surface area (Å²) in [6, 6.07) is 46.2. The van der Waals surface area contributed by atoms with Gasteiger partial charge in [-0.1, -0.05) is 43.8 Å². The number of nitrogens with two attached hydrogens (primary N) is 1. The van der Waals surface area contributed by atoms with Crippen molar-refractivity contribution in [3.8, 4) is 69.2 Å². The van der Waals surface area contributed by atoms with E-state index in [0.29, 0.717) is 84.4 Å². The molecule has 0 unspecified atom stereocenters. The van der Waals surface area contributed by atoms with Gasteiger partial charge in [0.2, 0.25) is 29.1 Å². The van der Waals surface area contributed by atoms with E-state index in [-0.39, 0.29) is 135 Å². The largest absolute Gasteiger partial charge is 1.00 e. The first-order chi connectivity index (χ1) is 43.6. The van der Waals surface area contributed by atoms with Crippen LogP contribution in [0.25, 0.3) is 66.5 Å². The van der Waals surface area contributed by atoms with E-state index >= 15 is 0 Å². The van der Waals surface area contributed by atoms with Gasteiger partial charge in [0, 0.05) is 94.4 Å². The summed E-state index contributed by atoms with van der Waals surface area (Å²) in [4.78, 5) is 11.2. The standard InChI is InChI=1S/C21H22ClN3O3S.C21H21N3O3S.C18H17N3O.C3H6Cl2O2S.CH2O3.CH4.2K.H/c1-3-25-20-13-17(28-2)9-10-18(20)19(14-23)21(25)15-5-7-16(8-6-15)24-29(26,27)12-4-11-22;1-3-23-20-13-17(27-2)9-10-18(20)19(14-22)21(23)15-5-7-16(8-6-15)24-11-4-12-28(24,25)26;1-3-21-17-10-14(22-2)8-9-15(17)16(11-19)18(21)12-4-6-13(20)7-5-12;4-2-1-3-8(5,6)7;2-1-4-3;;;;/h5-10,13,24H,3-4,11-12H2,1-2H3;5-10,13H,3-4,11-12H2,1-2H3;4-10H,3,20H2,1-2H3;1-3H2;1,3H;1H4;;;/q;;;;;;2*+1;-1/p-1. The zero-order valence-corrected chi connectivity index (χ0v) is 63.6. The normalized spacial score (nSPS) is 11.9. The Morgan fingerprint density at radius 2 is 0.968 bits per heavy atom. The van der Waals surface area contributed by atoms with Crippen LogP contribution in [0, 0.1) is 34.0 Å². The maximum Gasteiger partial charge on any atom is 1.00 e. The number of fused-ring (bicyclic) bond motifs is 3. The molecule has 1 aliphatic heterocycles. The minimum atomic E-state index is -3.43. The number of nitrogen functional groups attached to an aromatic ring is 1. The van der Waals surface area contributed by atoms with Crippen LogP contribution in [0.4, 0.5) is 17.1 Å². The van der Waals surface area contributed by atoms with Crippen molar-refractivity contribution in [2.75, 3.05) is 71.7 Å². The van der Waals surface area contributed by atoms with Crippen LogP contribution in [0.5, 0.6) is 17.2 Å². The topological polar surface area (TPSA) is 307 Å². The number of hydrogen-bond donors (Lipinski definition) is 2. The van der Waals surface area contributed by atoms with Crippen LogP contribution in [-0.4, -0.2) is 102 Å². The molecule has 10 rings (SSSR count). The fourth-order valence-electron chi connectivity index (χ4n) is 10.3. The number of carbonyl (C=O) groups excluding carboxylic acids is 1. The van der Waals surface area contributed by atoms with Crippen LogP contribution in [-0.2, 0) is 58.4 Å². The van der Waals surface area contributed by atoms with Crippen LogP contribution in [0.1, 0.15) is 65.6 Å². The smallest absolute Gasteiger partial charge is 1.00 e. The monoisotopic (exact) mass is 1450 g/mol. The van der Waals surface area contributed by atoms with Gasteiger partial charge in [-0.25, -0.2) is 25.3 Å². The molecule has 6 aromatic carbocycles. The number of carbonyl (C=O) groups is 1. The maximum absolute atomic E-state index is 12.2. The third-order valence-electron chi connectivity index (χ3n) is 14.4. The summed E-state index contributed by atoms with van der Waals surface area (Å²) in [5.74, 6) is 3.02. The second-order valence-corrected chi connectivity index (χ2v) is 27.3. The van der Waals surface area contributed by atoms with Gasteiger partial charge < -0.3 is 45.2 Å². The third kappa shape index (κ3) is 20.8. The Balaban J connectivity index is 0.000000440. The van der Waals surface area contributed by atoms with Crippen LogP contribution < -0.4 is 137 Å². The molecule has 21 nitrogen and oxygen atoms in total. The van der Waals surface area contributed by atoms with Crippen molar-refractivity contribution >= 4 is 119 Å². The number of hydrogen-bond acceptors (Lipinski definition) is 16. The van der Waals surface area contributed by atoms with E-state index in [0.717, 1.165) is 90.3 Å². The van der Waals surface area contributed by atoms with Crippen molar-refractivity contribution in [1.82, 2.24) is 13.7 Å². The number of aromatic nitrogens is 3. The number of rotatable bonds is 19. The minimum absolute atomic E-state index is 0. The zero-order valence-electron chi connectivity index (χ0n) is 53.7. The summed E-state index contributed by atoms with van der Waals surface area (Å²) in [5.41, 5.74) is 17.6. The fraction of sp³-hybridized carbons (Fsp3) is 0.292. The number of halogens is 3. The second kappa shape index (κ2) is 39.1. The first kappa shape index (κ1) is 82.9. The van der Waals surface area contributed by atoms with Gasteiger partial charge in [0.1, 0.15) is 35.5 Å². The molecule has 0 atom stereocenters. The number of nitrogens with one attached hydrogen (secondary N) is 1. The van der Waals surface area contributed by atoms with E-state index in [4.69, 9.17) is 63.9 Å². The number of nitriles is 3.